The fourth-order valence-electron chi connectivity index (χ4n) is 2.48. The number of benzene rings is 2. The van der Waals surface area contributed by atoms with Crippen LogP contribution in [0.25, 0.3) is 0 Å². The number of carbonyl (C=O) groups excluding carboxylic acids is 2. The molecule has 30 heavy (non-hydrogen) atoms. The maximum absolute atomic E-state index is 11.5. The van der Waals surface area contributed by atoms with Crippen molar-refractivity contribution in [3.8, 4) is 11.5 Å². The van der Waals surface area contributed by atoms with E-state index in [1.807, 2.05) is 0 Å². The number of carbonyl (C=O) groups is 2. The predicted molar refractivity (Wildman–Crippen MR) is 124 cm³/mol. The summed E-state index contributed by atoms with van der Waals surface area (Å²) < 4.78 is 1.44. The lowest BCUT2D eigenvalue weighted by molar-refractivity contribution is -0.118. The Morgan fingerprint density at radius 2 is 1.10 bits per heavy atom. The average molecular weight is 581 g/mol. The molecule has 0 radical (unpaired) electrons. The van der Waals surface area contributed by atoms with Crippen LogP contribution in [0.3, 0.4) is 0 Å². The zero-order valence-corrected chi connectivity index (χ0v) is 20.2. The number of phenols is 2. The first-order chi connectivity index (χ1) is 14.2. The summed E-state index contributed by atoms with van der Waals surface area (Å²) in [5, 5.41) is 24.9. The number of amides is 2. The molecule has 2 aliphatic rings. The van der Waals surface area contributed by atoms with Gasteiger partial charge in [-0.3, -0.25) is 9.59 Å². The molecule has 0 spiro atoms. The molecule has 160 valence electrons. The van der Waals surface area contributed by atoms with Crippen LogP contribution in [0.5, 0.6) is 11.5 Å². The molecule has 2 aliphatic carbocycles. The molecular weight excluding hydrogens is 563 g/mol. The second-order valence-electron chi connectivity index (χ2n) is 7.09. The second kappa shape index (κ2) is 9.77. The number of rotatable bonds is 4. The Kier molecular flexibility index (Phi) is 7.55. The number of hydrogen-bond acceptors (Lipinski definition) is 4. The Morgan fingerprint density at radius 1 is 0.767 bits per heavy atom. The van der Waals surface area contributed by atoms with Crippen LogP contribution >= 0.6 is 55.1 Å². The second-order valence-corrected chi connectivity index (χ2v) is 9.74. The number of phenolic OH excluding ortho intramolecular Hbond substituents is 2. The molecule has 0 aliphatic heterocycles. The van der Waals surface area contributed by atoms with Crippen molar-refractivity contribution >= 4 is 78.3 Å². The lowest BCUT2D eigenvalue weighted by Gasteiger charge is -2.08. The van der Waals surface area contributed by atoms with Gasteiger partial charge in [0.05, 0.1) is 21.4 Å². The van der Waals surface area contributed by atoms with E-state index < -0.39 is 0 Å². The summed E-state index contributed by atoms with van der Waals surface area (Å²) >= 11 is 18.0. The van der Waals surface area contributed by atoms with Crippen molar-refractivity contribution in [1.82, 2.24) is 0 Å². The Hall–Kier alpha value is -1.48. The Balaban J connectivity index is 0.000000171. The van der Waals surface area contributed by atoms with Gasteiger partial charge in [0.1, 0.15) is 0 Å². The first-order valence-electron chi connectivity index (χ1n) is 9.13. The molecule has 4 N–H and O–H groups in total. The van der Waals surface area contributed by atoms with Gasteiger partial charge in [-0.15, -0.1) is 0 Å². The molecule has 2 aromatic carbocycles. The molecule has 0 saturated heterocycles. The van der Waals surface area contributed by atoms with Crippen LogP contribution in [0, 0.1) is 11.8 Å². The third-order valence-electron chi connectivity index (χ3n) is 4.47. The maximum Gasteiger partial charge on any atom is 0.227 e. The first kappa shape index (κ1) is 23.2. The molecule has 2 saturated carbocycles. The van der Waals surface area contributed by atoms with Gasteiger partial charge in [0.15, 0.2) is 11.5 Å². The van der Waals surface area contributed by atoms with E-state index in [2.05, 4.69) is 42.5 Å². The smallest absolute Gasteiger partial charge is 0.227 e. The maximum atomic E-state index is 11.5. The number of halogens is 4. The fourth-order valence-corrected chi connectivity index (χ4v) is 4.10. The summed E-state index contributed by atoms with van der Waals surface area (Å²) in [4.78, 5) is 22.9. The number of aromatic hydroxyl groups is 2. The standard InChI is InChI=1S/2C10H9BrClNO2/c2*11-6-3-7(12)9(14)8(4-6)13-10(15)5-1-2-5/h2*3-5,14H,1-2H2,(H,13,15). The zero-order chi connectivity index (χ0) is 22.0. The van der Waals surface area contributed by atoms with Gasteiger partial charge in [0.25, 0.3) is 0 Å². The van der Waals surface area contributed by atoms with Crippen LogP contribution in [-0.4, -0.2) is 22.0 Å². The van der Waals surface area contributed by atoms with E-state index in [1.54, 1.807) is 24.3 Å². The minimum atomic E-state index is -0.0890. The van der Waals surface area contributed by atoms with Crippen molar-refractivity contribution in [3.05, 3.63) is 43.3 Å². The van der Waals surface area contributed by atoms with Crippen LogP contribution in [0.2, 0.25) is 10.0 Å². The quantitative estimate of drug-likeness (QED) is 0.318. The molecule has 2 aromatic rings. The molecule has 2 amide bonds. The minimum Gasteiger partial charge on any atom is -0.504 e. The number of nitrogens with one attached hydrogen (secondary N) is 2. The van der Waals surface area contributed by atoms with Gasteiger partial charge < -0.3 is 20.8 Å². The molecular formula is C20H18Br2Cl2N2O4. The van der Waals surface area contributed by atoms with Crippen molar-refractivity contribution in [2.24, 2.45) is 11.8 Å². The van der Waals surface area contributed by atoms with Gasteiger partial charge in [-0.1, -0.05) is 55.1 Å². The zero-order valence-electron chi connectivity index (χ0n) is 15.5. The average Bonchev–Trinajstić information content (AvgIpc) is 3.56. The van der Waals surface area contributed by atoms with Gasteiger partial charge in [-0.25, -0.2) is 0 Å². The third kappa shape index (κ3) is 6.26. The van der Waals surface area contributed by atoms with Gasteiger partial charge in [0, 0.05) is 20.8 Å². The summed E-state index contributed by atoms with van der Waals surface area (Å²) in [6, 6.07) is 6.40. The Bertz CT molecular complexity index is 916. The molecule has 6 nitrogen and oxygen atoms in total. The van der Waals surface area contributed by atoms with Gasteiger partial charge >= 0.3 is 0 Å². The number of hydrogen-bond donors (Lipinski definition) is 4. The molecule has 0 aromatic heterocycles. The molecule has 4 rings (SSSR count). The van der Waals surface area contributed by atoms with Gasteiger partial charge in [-0.05, 0) is 49.9 Å². The van der Waals surface area contributed by atoms with E-state index in [0.717, 1.165) is 34.6 Å². The van der Waals surface area contributed by atoms with E-state index >= 15 is 0 Å². The van der Waals surface area contributed by atoms with Crippen LogP contribution in [0.1, 0.15) is 25.7 Å². The lowest BCUT2D eigenvalue weighted by atomic mass is 10.2. The fraction of sp³-hybridized carbons (Fsp3) is 0.300. The van der Waals surface area contributed by atoms with E-state index in [0.29, 0.717) is 11.4 Å². The van der Waals surface area contributed by atoms with E-state index in [-0.39, 0.29) is 45.2 Å². The van der Waals surface area contributed by atoms with Crippen LogP contribution in [-0.2, 0) is 9.59 Å². The SMILES string of the molecule is O=C(Nc1cc(Br)cc(Cl)c1O)C1CC1.O=C(Nc1cc(Br)cc(Cl)c1O)C1CC1. The predicted octanol–water partition coefficient (Wildman–Crippen LogP) is 6.31. The van der Waals surface area contributed by atoms with Crippen molar-refractivity contribution in [3.63, 3.8) is 0 Å². The molecule has 0 unspecified atom stereocenters. The lowest BCUT2D eigenvalue weighted by Crippen LogP contribution is -2.13. The monoisotopic (exact) mass is 578 g/mol. The van der Waals surface area contributed by atoms with Crippen molar-refractivity contribution in [2.75, 3.05) is 10.6 Å². The van der Waals surface area contributed by atoms with Crippen LogP contribution in [0.4, 0.5) is 11.4 Å². The summed E-state index contributed by atoms with van der Waals surface area (Å²) in [7, 11) is 0. The van der Waals surface area contributed by atoms with Crippen molar-refractivity contribution in [2.45, 2.75) is 25.7 Å². The first-order valence-corrected chi connectivity index (χ1v) is 11.5. The van der Waals surface area contributed by atoms with E-state index in [9.17, 15) is 19.8 Å². The third-order valence-corrected chi connectivity index (χ3v) is 5.96. The highest BCUT2D eigenvalue weighted by Gasteiger charge is 2.31. The topological polar surface area (TPSA) is 98.7 Å². The summed E-state index contributed by atoms with van der Waals surface area (Å²) in [5.41, 5.74) is 0.706. The van der Waals surface area contributed by atoms with E-state index in [1.165, 1.54) is 0 Å². The molecule has 0 bridgehead atoms. The Labute approximate surface area is 200 Å². The van der Waals surface area contributed by atoms with E-state index in [4.69, 9.17) is 23.2 Å². The highest BCUT2D eigenvalue weighted by molar-refractivity contribution is 9.10. The summed E-state index contributed by atoms with van der Waals surface area (Å²) in [5.74, 6) is -0.0917. The van der Waals surface area contributed by atoms with Crippen LogP contribution in [0.15, 0.2) is 33.2 Å². The Morgan fingerprint density at radius 3 is 1.40 bits per heavy atom. The van der Waals surface area contributed by atoms with Gasteiger partial charge in [-0.2, -0.15) is 0 Å². The molecule has 10 heteroatoms. The summed E-state index contributed by atoms with van der Waals surface area (Å²) in [6.07, 6.45) is 3.70. The highest BCUT2D eigenvalue weighted by Crippen LogP contribution is 2.38. The number of anilines is 2. The highest BCUT2D eigenvalue weighted by atomic mass is 79.9. The largest absolute Gasteiger partial charge is 0.504 e. The summed E-state index contributed by atoms with van der Waals surface area (Å²) in [6.45, 7) is 0. The molecule has 2 fully saturated rings. The normalized spacial score (nSPS) is 15.1. The van der Waals surface area contributed by atoms with Crippen LogP contribution < -0.4 is 10.6 Å². The van der Waals surface area contributed by atoms with Crippen molar-refractivity contribution in [1.29, 1.82) is 0 Å². The van der Waals surface area contributed by atoms with Crippen molar-refractivity contribution < 1.29 is 19.8 Å². The molecule has 0 heterocycles. The van der Waals surface area contributed by atoms with Gasteiger partial charge in [0.2, 0.25) is 11.8 Å². The molecule has 0 atom stereocenters. The minimum absolute atomic E-state index is 0.0560.